The maximum atomic E-state index is 13.5. The number of hydrogen-bond acceptors (Lipinski definition) is 2. The molecule has 104 valence electrons. The first-order valence-corrected chi connectivity index (χ1v) is 6.92. The molecule has 0 bridgehead atoms. The van der Waals surface area contributed by atoms with Crippen LogP contribution in [-0.4, -0.2) is 12.9 Å². The fraction of sp³-hybridized carbons (Fsp3) is 0.188. The Morgan fingerprint density at radius 1 is 1.25 bits per heavy atom. The maximum absolute atomic E-state index is 13.5. The molecule has 0 atom stereocenters. The predicted molar refractivity (Wildman–Crippen MR) is 79.9 cm³/mol. The van der Waals surface area contributed by atoms with Crippen molar-refractivity contribution in [3.05, 3.63) is 63.4 Å². The summed E-state index contributed by atoms with van der Waals surface area (Å²) in [7, 11) is 1.57. The van der Waals surface area contributed by atoms with Crippen LogP contribution in [-0.2, 0) is 6.42 Å². The minimum absolute atomic E-state index is 0.139. The second-order valence-electron chi connectivity index (χ2n) is 4.54. The topological polar surface area (TPSA) is 26.3 Å². The Hall–Kier alpha value is -1.68. The summed E-state index contributed by atoms with van der Waals surface area (Å²) in [5, 5.41) is 0. The summed E-state index contributed by atoms with van der Waals surface area (Å²) in [5.74, 6) is 0.0916. The summed E-state index contributed by atoms with van der Waals surface area (Å²) in [5.41, 5.74) is 2.21. The lowest BCUT2D eigenvalue weighted by Gasteiger charge is -2.09. The average molecular weight is 337 g/mol. The number of ether oxygens (including phenoxy) is 1. The lowest BCUT2D eigenvalue weighted by molar-refractivity contribution is 0.0991. The summed E-state index contributed by atoms with van der Waals surface area (Å²) in [4.78, 5) is 12.2. The quantitative estimate of drug-likeness (QED) is 0.776. The highest BCUT2D eigenvalue weighted by molar-refractivity contribution is 9.10. The van der Waals surface area contributed by atoms with Crippen molar-refractivity contribution in [2.24, 2.45) is 0 Å². The molecule has 2 aromatic rings. The molecule has 0 heterocycles. The summed E-state index contributed by atoms with van der Waals surface area (Å²) in [6.07, 6.45) is 0.186. The smallest absolute Gasteiger partial charge is 0.167 e. The summed E-state index contributed by atoms with van der Waals surface area (Å²) < 4.78 is 19.1. The van der Waals surface area contributed by atoms with Crippen molar-refractivity contribution in [3.8, 4) is 5.75 Å². The van der Waals surface area contributed by atoms with Gasteiger partial charge in [-0.1, -0.05) is 23.8 Å². The number of hydrogen-bond donors (Lipinski definition) is 0. The number of methoxy groups -OCH3 is 1. The van der Waals surface area contributed by atoms with Crippen LogP contribution in [0.25, 0.3) is 0 Å². The zero-order valence-electron chi connectivity index (χ0n) is 11.2. The molecule has 0 aromatic heterocycles. The third-order valence-corrected chi connectivity index (χ3v) is 3.67. The number of ketones is 1. The van der Waals surface area contributed by atoms with E-state index in [0.717, 1.165) is 11.1 Å². The molecule has 0 aliphatic heterocycles. The van der Waals surface area contributed by atoms with Crippen LogP contribution in [0.4, 0.5) is 4.39 Å². The Kier molecular flexibility index (Phi) is 4.55. The van der Waals surface area contributed by atoms with Crippen molar-refractivity contribution in [2.75, 3.05) is 7.11 Å². The van der Waals surface area contributed by atoms with Gasteiger partial charge in [-0.25, -0.2) is 4.39 Å². The van der Waals surface area contributed by atoms with Crippen LogP contribution in [0.2, 0.25) is 0 Å². The van der Waals surface area contributed by atoms with Crippen molar-refractivity contribution in [3.63, 3.8) is 0 Å². The van der Waals surface area contributed by atoms with Crippen LogP contribution >= 0.6 is 15.9 Å². The molecule has 0 N–H and O–H groups in total. The largest absolute Gasteiger partial charge is 0.496 e. The van der Waals surface area contributed by atoms with Gasteiger partial charge in [-0.2, -0.15) is 0 Å². The van der Waals surface area contributed by atoms with E-state index in [0.29, 0.717) is 15.8 Å². The monoisotopic (exact) mass is 336 g/mol. The number of rotatable bonds is 4. The van der Waals surface area contributed by atoms with Crippen LogP contribution in [0.15, 0.2) is 40.9 Å². The first kappa shape index (κ1) is 14.7. The van der Waals surface area contributed by atoms with E-state index in [9.17, 15) is 9.18 Å². The van der Waals surface area contributed by atoms with E-state index >= 15 is 0 Å². The zero-order valence-corrected chi connectivity index (χ0v) is 12.8. The molecule has 2 nitrogen and oxygen atoms in total. The first-order valence-electron chi connectivity index (χ1n) is 6.13. The molecule has 0 spiro atoms. The van der Waals surface area contributed by atoms with E-state index in [4.69, 9.17) is 4.74 Å². The summed E-state index contributed by atoms with van der Waals surface area (Å²) >= 11 is 3.07. The number of aryl methyl sites for hydroxylation is 1. The molecular weight excluding hydrogens is 323 g/mol. The molecule has 0 unspecified atom stereocenters. The second-order valence-corrected chi connectivity index (χ2v) is 5.40. The molecule has 2 aromatic carbocycles. The van der Waals surface area contributed by atoms with Gasteiger partial charge in [-0.15, -0.1) is 0 Å². The summed E-state index contributed by atoms with van der Waals surface area (Å²) in [6, 6.07) is 10.1. The normalized spacial score (nSPS) is 10.4. The van der Waals surface area contributed by atoms with Crippen molar-refractivity contribution in [1.82, 2.24) is 0 Å². The fourth-order valence-corrected chi connectivity index (χ4v) is 2.24. The predicted octanol–water partition coefficient (Wildman–Crippen LogP) is 4.33. The molecule has 0 radical (unpaired) electrons. The van der Waals surface area contributed by atoms with Gasteiger partial charge in [0.15, 0.2) is 5.78 Å². The molecule has 0 fully saturated rings. The lowest BCUT2D eigenvalue weighted by Crippen LogP contribution is -2.06. The minimum Gasteiger partial charge on any atom is -0.496 e. The Morgan fingerprint density at radius 2 is 2.00 bits per heavy atom. The maximum Gasteiger partial charge on any atom is 0.167 e. The van der Waals surface area contributed by atoms with E-state index in [2.05, 4.69) is 15.9 Å². The van der Waals surface area contributed by atoms with E-state index < -0.39 is 5.82 Å². The van der Waals surface area contributed by atoms with Crippen molar-refractivity contribution < 1.29 is 13.9 Å². The van der Waals surface area contributed by atoms with Gasteiger partial charge in [0.25, 0.3) is 0 Å². The highest BCUT2D eigenvalue weighted by Gasteiger charge is 2.13. The van der Waals surface area contributed by atoms with Crippen LogP contribution in [0.5, 0.6) is 5.75 Å². The second kappa shape index (κ2) is 6.18. The number of carbonyl (C=O) groups excluding carboxylic acids is 1. The van der Waals surface area contributed by atoms with Crippen molar-refractivity contribution in [2.45, 2.75) is 13.3 Å². The number of benzene rings is 2. The molecule has 0 saturated carbocycles. The molecular formula is C16H14BrFO2. The van der Waals surface area contributed by atoms with Gasteiger partial charge in [-0.3, -0.25) is 4.79 Å². The Morgan fingerprint density at radius 3 is 2.65 bits per heavy atom. The molecule has 4 heteroatoms. The molecule has 0 amide bonds. The standard InChI is InChI=1S/C16H14BrFO2/c1-10-3-6-16(20-2)12(7-10)9-15(19)11-4-5-13(17)14(18)8-11/h3-8H,9H2,1-2H3. The van der Waals surface area contributed by atoms with Gasteiger partial charge in [-0.05, 0) is 41.1 Å². The van der Waals surface area contributed by atoms with E-state index in [1.54, 1.807) is 13.2 Å². The van der Waals surface area contributed by atoms with Gasteiger partial charge >= 0.3 is 0 Å². The SMILES string of the molecule is COc1ccc(C)cc1CC(=O)c1ccc(Br)c(F)c1. The molecule has 0 aliphatic rings. The Balaban J connectivity index is 2.27. The third-order valence-electron chi connectivity index (χ3n) is 3.03. The van der Waals surface area contributed by atoms with Crippen LogP contribution < -0.4 is 4.74 Å². The van der Waals surface area contributed by atoms with Gasteiger partial charge < -0.3 is 4.74 Å². The highest BCUT2D eigenvalue weighted by atomic mass is 79.9. The highest BCUT2D eigenvalue weighted by Crippen LogP contribution is 2.23. The van der Waals surface area contributed by atoms with E-state index in [1.165, 1.54) is 12.1 Å². The Bertz CT molecular complexity index is 653. The number of halogens is 2. The molecule has 0 aliphatic carbocycles. The van der Waals surface area contributed by atoms with Gasteiger partial charge in [0.05, 0.1) is 11.6 Å². The number of Topliss-reactive ketones (excluding diaryl/α,β-unsaturated/α-hetero) is 1. The van der Waals surface area contributed by atoms with Crippen molar-refractivity contribution >= 4 is 21.7 Å². The van der Waals surface area contributed by atoms with Crippen LogP contribution in [0.3, 0.4) is 0 Å². The summed E-state index contributed by atoms with van der Waals surface area (Å²) in [6.45, 7) is 1.95. The van der Waals surface area contributed by atoms with E-state index in [1.807, 2.05) is 25.1 Å². The molecule has 2 rings (SSSR count). The third kappa shape index (κ3) is 3.25. The fourth-order valence-electron chi connectivity index (χ4n) is 1.99. The van der Waals surface area contributed by atoms with E-state index in [-0.39, 0.29) is 12.2 Å². The van der Waals surface area contributed by atoms with Crippen LogP contribution in [0, 0.1) is 12.7 Å². The zero-order chi connectivity index (χ0) is 14.7. The van der Waals surface area contributed by atoms with Gasteiger partial charge in [0.1, 0.15) is 11.6 Å². The molecule has 20 heavy (non-hydrogen) atoms. The number of carbonyl (C=O) groups is 1. The van der Waals surface area contributed by atoms with Gasteiger partial charge in [0.2, 0.25) is 0 Å². The Labute approximate surface area is 125 Å². The minimum atomic E-state index is -0.438. The molecule has 0 saturated heterocycles. The van der Waals surface area contributed by atoms with Crippen molar-refractivity contribution in [1.29, 1.82) is 0 Å². The first-order chi connectivity index (χ1) is 9.51. The lowest BCUT2D eigenvalue weighted by atomic mass is 10.0. The average Bonchev–Trinajstić information content (AvgIpc) is 2.42. The van der Waals surface area contributed by atoms with Crippen LogP contribution in [0.1, 0.15) is 21.5 Å². The van der Waals surface area contributed by atoms with Gasteiger partial charge in [0, 0.05) is 17.5 Å².